The summed E-state index contributed by atoms with van der Waals surface area (Å²) < 4.78 is 8.75. The second kappa shape index (κ2) is 7.64. The number of methoxy groups -OCH3 is 2. The van der Waals surface area contributed by atoms with Crippen molar-refractivity contribution in [3.63, 3.8) is 0 Å². The smallest absolute Gasteiger partial charge is 0.354 e. The fourth-order valence-electron chi connectivity index (χ4n) is 0.987. The van der Waals surface area contributed by atoms with Gasteiger partial charge in [0.15, 0.2) is 0 Å². The minimum Gasteiger partial charge on any atom is -0.466 e. The summed E-state index contributed by atoms with van der Waals surface area (Å²) in [6.45, 7) is -1.97. The molecule has 0 bridgehead atoms. The van der Waals surface area contributed by atoms with Crippen molar-refractivity contribution in [3.05, 3.63) is 11.8 Å². The molecule has 4 N–H and O–H groups in total. The van der Waals surface area contributed by atoms with Crippen LogP contribution in [0, 0.1) is 0 Å². The summed E-state index contributed by atoms with van der Waals surface area (Å²) >= 11 is 0. The number of hydrogen-bond acceptors (Lipinski definition) is 8. The summed E-state index contributed by atoms with van der Waals surface area (Å²) in [6, 6.07) is 0. The van der Waals surface area contributed by atoms with Crippen molar-refractivity contribution in [2.24, 2.45) is 0 Å². The Morgan fingerprint density at radius 1 is 1.11 bits per heavy atom. The second-order valence-electron chi connectivity index (χ2n) is 3.45. The zero-order valence-corrected chi connectivity index (χ0v) is 10.2. The number of nitrogens with one attached hydrogen (secondary N) is 1. The van der Waals surface area contributed by atoms with Gasteiger partial charge in [-0.25, -0.2) is 9.59 Å². The van der Waals surface area contributed by atoms with Crippen molar-refractivity contribution in [3.8, 4) is 0 Å². The van der Waals surface area contributed by atoms with Crippen LogP contribution in [0.3, 0.4) is 0 Å². The molecule has 0 aromatic heterocycles. The van der Waals surface area contributed by atoms with Crippen LogP contribution in [0.15, 0.2) is 11.8 Å². The van der Waals surface area contributed by atoms with E-state index in [2.05, 4.69) is 14.8 Å². The van der Waals surface area contributed by atoms with E-state index in [1.807, 2.05) is 0 Å². The molecule has 8 nitrogen and oxygen atoms in total. The van der Waals surface area contributed by atoms with Crippen molar-refractivity contribution in [2.45, 2.75) is 5.54 Å². The number of ether oxygens (including phenoxy) is 2. The lowest BCUT2D eigenvalue weighted by Crippen LogP contribution is -2.55. The molecule has 104 valence electrons. The molecule has 18 heavy (non-hydrogen) atoms. The van der Waals surface area contributed by atoms with Crippen LogP contribution in [-0.4, -0.2) is 66.8 Å². The van der Waals surface area contributed by atoms with Gasteiger partial charge in [-0.05, 0) is 0 Å². The monoisotopic (exact) mass is 263 g/mol. The molecule has 8 heteroatoms. The second-order valence-corrected chi connectivity index (χ2v) is 3.45. The normalized spacial score (nSPS) is 11.9. The number of rotatable bonds is 7. The van der Waals surface area contributed by atoms with Crippen LogP contribution in [0.1, 0.15) is 0 Å². The Balaban J connectivity index is 5.17. The minimum atomic E-state index is -1.55. The first-order valence-corrected chi connectivity index (χ1v) is 4.97. The molecule has 0 rings (SSSR count). The van der Waals surface area contributed by atoms with Crippen molar-refractivity contribution in [1.82, 2.24) is 5.32 Å². The first-order chi connectivity index (χ1) is 8.48. The van der Waals surface area contributed by atoms with Gasteiger partial charge in [0.1, 0.15) is 11.2 Å². The largest absolute Gasteiger partial charge is 0.466 e. The molecule has 0 amide bonds. The van der Waals surface area contributed by atoms with E-state index in [-0.39, 0.29) is 5.70 Å². The first-order valence-electron chi connectivity index (χ1n) is 4.97. The van der Waals surface area contributed by atoms with Gasteiger partial charge >= 0.3 is 11.9 Å². The summed E-state index contributed by atoms with van der Waals surface area (Å²) in [5.74, 6) is -1.73. The number of carbonyl (C=O) groups is 2. The standard InChI is InChI=1S/C10H17NO7/c1-17-8(15)3-7(9(16)18-2)11-10(4-12,5-13)6-14/h3,11-14H,4-6H2,1-2H3. The zero-order valence-electron chi connectivity index (χ0n) is 10.2. The quantitative estimate of drug-likeness (QED) is 0.294. The summed E-state index contributed by atoms with van der Waals surface area (Å²) in [4.78, 5) is 22.4. The molecular weight excluding hydrogens is 246 g/mol. The summed E-state index contributed by atoms with van der Waals surface area (Å²) in [5, 5.41) is 29.6. The SMILES string of the molecule is COC(=O)C=C(NC(CO)(CO)CO)C(=O)OC. The average Bonchev–Trinajstić information content (AvgIpc) is 2.42. The van der Waals surface area contributed by atoms with Crippen LogP contribution in [0.2, 0.25) is 0 Å². The maximum Gasteiger partial charge on any atom is 0.354 e. The molecule has 0 aromatic carbocycles. The Morgan fingerprint density at radius 3 is 1.94 bits per heavy atom. The van der Waals surface area contributed by atoms with E-state index >= 15 is 0 Å². The molecule has 0 saturated heterocycles. The van der Waals surface area contributed by atoms with Gasteiger partial charge in [-0.2, -0.15) is 0 Å². The molecule has 0 fully saturated rings. The highest BCUT2D eigenvalue weighted by Crippen LogP contribution is 2.07. The van der Waals surface area contributed by atoms with Crippen LogP contribution >= 0.6 is 0 Å². The van der Waals surface area contributed by atoms with Crippen LogP contribution < -0.4 is 5.32 Å². The van der Waals surface area contributed by atoms with Crippen molar-refractivity contribution in [1.29, 1.82) is 0 Å². The van der Waals surface area contributed by atoms with Gasteiger partial charge in [-0.15, -0.1) is 0 Å². The van der Waals surface area contributed by atoms with E-state index < -0.39 is 37.3 Å². The van der Waals surface area contributed by atoms with Crippen LogP contribution in [0.25, 0.3) is 0 Å². The molecule has 0 aliphatic carbocycles. The van der Waals surface area contributed by atoms with Gasteiger partial charge in [0.25, 0.3) is 0 Å². The van der Waals surface area contributed by atoms with Gasteiger partial charge < -0.3 is 30.1 Å². The minimum absolute atomic E-state index is 0.346. The molecule has 0 spiro atoms. The molecule has 0 heterocycles. The lowest BCUT2D eigenvalue weighted by molar-refractivity contribution is -0.139. The van der Waals surface area contributed by atoms with E-state index in [0.717, 1.165) is 20.3 Å². The zero-order chi connectivity index (χ0) is 14.2. The third-order valence-corrected chi connectivity index (χ3v) is 2.18. The van der Waals surface area contributed by atoms with Gasteiger partial charge in [-0.1, -0.05) is 0 Å². The van der Waals surface area contributed by atoms with E-state index in [4.69, 9.17) is 15.3 Å². The Morgan fingerprint density at radius 2 is 1.61 bits per heavy atom. The highest BCUT2D eigenvalue weighted by molar-refractivity contribution is 5.95. The Hall–Kier alpha value is -1.64. The molecular formula is C10H17NO7. The van der Waals surface area contributed by atoms with Crippen LogP contribution in [-0.2, 0) is 19.1 Å². The number of carbonyl (C=O) groups excluding carboxylic acids is 2. The molecule has 0 aromatic rings. The van der Waals surface area contributed by atoms with Gasteiger partial charge in [0.05, 0.1) is 40.1 Å². The van der Waals surface area contributed by atoms with Gasteiger partial charge in [0, 0.05) is 0 Å². The Bertz CT molecular complexity index is 314. The summed E-state index contributed by atoms with van der Waals surface area (Å²) in [5.41, 5.74) is -1.89. The molecule has 0 saturated carbocycles. The maximum absolute atomic E-state index is 11.4. The molecule has 0 atom stereocenters. The predicted molar refractivity (Wildman–Crippen MR) is 59.2 cm³/mol. The number of aliphatic hydroxyl groups excluding tert-OH is 3. The van der Waals surface area contributed by atoms with Crippen molar-refractivity contribution >= 4 is 11.9 Å². The third-order valence-electron chi connectivity index (χ3n) is 2.18. The van der Waals surface area contributed by atoms with E-state index in [0.29, 0.717) is 0 Å². The molecule has 0 unspecified atom stereocenters. The lowest BCUT2D eigenvalue weighted by atomic mass is 10.0. The molecule has 0 aliphatic rings. The molecule has 0 radical (unpaired) electrons. The van der Waals surface area contributed by atoms with E-state index in [1.165, 1.54) is 0 Å². The van der Waals surface area contributed by atoms with E-state index in [1.54, 1.807) is 0 Å². The summed E-state index contributed by atoms with van der Waals surface area (Å²) in [6.07, 6.45) is 0.793. The number of esters is 2. The average molecular weight is 263 g/mol. The number of hydrogen-bond donors (Lipinski definition) is 4. The van der Waals surface area contributed by atoms with Gasteiger partial charge in [0.2, 0.25) is 0 Å². The van der Waals surface area contributed by atoms with Crippen molar-refractivity contribution in [2.75, 3.05) is 34.0 Å². The highest BCUT2D eigenvalue weighted by atomic mass is 16.5. The first kappa shape index (κ1) is 16.4. The maximum atomic E-state index is 11.4. The fraction of sp³-hybridized carbons (Fsp3) is 0.600. The van der Waals surface area contributed by atoms with Crippen LogP contribution in [0.4, 0.5) is 0 Å². The summed E-state index contributed by atoms with van der Waals surface area (Å²) in [7, 11) is 2.21. The van der Waals surface area contributed by atoms with Crippen molar-refractivity contribution < 1.29 is 34.4 Å². The van der Waals surface area contributed by atoms with E-state index in [9.17, 15) is 9.59 Å². The van der Waals surface area contributed by atoms with Crippen LogP contribution in [0.5, 0.6) is 0 Å². The lowest BCUT2D eigenvalue weighted by Gasteiger charge is -2.30. The molecule has 0 aliphatic heterocycles. The predicted octanol–water partition coefficient (Wildman–Crippen LogP) is -2.48. The topological polar surface area (TPSA) is 125 Å². The highest BCUT2D eigenvalue weighted by Gasteiger charge is 2.31. The Kier molecular flexibility index (Phi) is 6.94. The fourth-order valence-corrected chi connectivity index (χ4v) is 0.987. The number of aliphatic hydroxyl groups is 3. The third kappa shape index (κ3) is 4.32. The van der Waals surface area contributed by atoms with Gasteiger partial charge in [-0.3, -0.25) is 0 Å². The Labute approximate surface area is 104 Å².